The highest BCUT2D eigenvalue weighted by Gasteiger charge is 2.04. The van der Waals surface area contributed by atoms with Crippen molar-refractivity contribution in [1.29, 1.82) is 0 Å². The van der Waals surface area contributed by atoms with E-state index in [4.69, 9.17) is 0 Å². The van der Waals surface area contributed by atoms with E-state index in [9.17, 15) is 0 Å². The maximum atomic E-state index is 4.42. The van der Waals surface area contributed by atoms with Gasteiger partial charge in [-0.2, -0.15) is 0 Å². The highest BCUT2D eigenvalue weighted by Crippen LogP contribution is 2.10. The van der Waals surface area contributed by atoms with E-state index in [-0.39, 0.29) is 4.70 Å². The molecular weight excluding hydrogens is 141 g/mol. The maximum Gasteiger partial charge on any atom is 0.0392 e. The van der Waals surface area contributed by atoms with E-state index in [2.05, 4.69) is 11.9 Å². The molecule has 0 amide bonds. The molecule has 0 aromatic heterocycles. The van der Waals surface area contributed by atoms with Crippen LogP contribution < -0.4 is 0 Å². The van der Waals surface area contributed by atoms with Crippen molar-refractivity contribution in [3.8, 4) is 0 Å². The Labute approximate surface area is 68.3 Å². The SMILES string of the molecule is CCCCCC1=NCCC1.F. The van der Waals surface area contributed by atoms with E-state index in [1.54, 1.807) is 0 Å². The monoisotopic (exact) mass is 159 g/mol. The molecule has 0 aromatic rings. The van der Waals surface area contributed by atoms with Crippen molar-refractivity contribution >= 4 is 5.71 Å². The quantitative estimate of drug-likeness (QED) is 0.559. The highest BCUT2D eigenvalue weighted by atomic mass is 19.0. The summed E-state index contributed by atoms with van der Waals surface area (Å²) in [5, 5.41) is 0. The summed E-state index contributed by atoms with van der Waals surface area (Å²) in [6, 6.07) is 0. The zero-order valence-electron chi connectivity index (χ0n) is 7.31. The lowest BCUT2D eigenvalue weighted by Crippen LogP contribution is -1.91. The smallest absolute Gasteiger partial charge is 0.0392 e. The predicted molar refractivity (Wildman–Crippen MR) is 48.2 cm³/mol. The summed E-state index contributed by atoms with van der Waals surface area (Å²) in [5.41, 5.74) is 1.48. The van der Waals surface area contributed by atoms with Crippen LogP contribution in [0.15, 0.2) is 4.99 Å². The Kier molecular flexibility index (Phi) is 6.09. The second-order valence-electron chi connectivity index (χ2n) is 3.01. The fourth-order valence-electron chi connectivity index (χ4n) is 1.38. The Bertz CT molecular complexity index is 121. The highest BCUT2D eigenvalue weighted by molar-refractivity contribution is 5.85. The molecule has 0 saturated heterocycles. The number of rotatable bonds is 4. The molecule has 0 radical (unpaired) electrons. The lowest BCUT2D eigenvalue weighted by molar-refractivity contribution is 0.739. The normalized spacial score (nSPS) is 15.9. The second-order valence-corrected chi connectivity index (χ2v) is 3.01. The molecule has 0 spiro atoms. The molecule has 1 aliphatic rings. The van der Waals surface area contributed by atoms with Crippen molar-refractivity contribution < 1.29 is 4.70 Å². The van der Waals surface area contributed by atoms with Crippen LogP contribution in [0.3, 0.4) is 0 Å². The number of hydrogen-bond acceptors (Lipinski definition) is 1. The molecule has 1 heterocycles. The van der Waals surface area contributed by atoms with Gasteiger partial charge in [-0.3, -0.25) is 9.70 Å². The number of nitrogens with zero attached hydrogens (tertiary/aromatic N) is 1. The van der Waals surface area contributed by atoms with Crippen molar-refractivity contribution in [2.24, 2.45) is 4.99 Å². The van der Waals surface area contributed by atoms with Crippen LogP contribution in [0.1, 0.15) is 45.4 Å². The Morgan fingerprint density at radius 1 is 1.36 bits per heavy atom. The molecule has 1 nitrogen and oxygen atoms in total. The number of unbranched alkanes of at least 4 members (excludes halogenated alkanes) is 2. The number of aliphatic imine (C=N–C) groups is 1. The van der Waals surface area contributed by atoms with Gasteiger partial charge in [-0.15, -0.1) is 0 Å². The van der Waals surface area contributed by atoms with Crippen molar-refractivity contribution in [2.75, 3.05) is 6.54 Å². The summed E-state index contributed by atoms with van der Waals surface area (Å²) < 4.78 is 0. The first kappa shape index (κ1) is 10.6. The standard InChI is InChI=1S/C9H17N.FH/c1-2-3-4-6-9-7-5-8-10-9;/h2-8H2,1H3;1H. The van der Waals surface area contributed by atoms with Crippen LogP contribution in [0.2, 0.25) is 0 Å². The lowest BCUT2D eigenvalue weighted by atomic mass is 10.1. The van der Waals surface area contributed by atoms with Crippen molar-refractivity contribution in [3.05, 3.63) is 0 Å². The van der Waals surface area contributed by atoms with Gasteiger partial charge in [0, 0.05) is 12.3 Å². The fraction of sp³-hybridized carbons (Fsp3) is 0.889. The Morgan fingerprint density at radius 3 is 2.73 bits per heavy atom. The molecule has 0 saturated carbocycles. The van der Waals surface area contributed by atoms with Crippen LogP contribution in [0, 0.1) is 0 Å². The summed E-state index contributed by atoms with van der Waals surface area (Å²) in [4.78, 5) is 4.42. The largest absolute Gasteiger partial charge is 0.294 e. The van der Waals surface area contributed by atoms with Crippen LogP contribution in [0.25, 0.3) is 0 Å². The van der Waals surface area contributed by atoms with E-state index in [1.807, 2.05) is 0 Å². The fourth-order valence-corrected chi connectivity index (χ4v) is 1.38. The van der Waals surface area contributed by atoms with E-state index in [0.717, 1.165) is 6.54 Å². The van der Waals surface area contributed by atoms with E-state index >= 15 is 0 Å². The topological polar surface area (TPSA) is 12.4 Å². The molecule has 2 heteroatoms. The Hall–Kier alpha value is -0.400. The van der Waals surface area contributed by atoms with Crippen molar-refractivity contribution in [1.82, 2.24) is 0 Å². The van der Waals surface area contributed by atoms with Crippen LogP contribution >= 0.6 is 0 Å². The minimum absolute atomic E-state index is 0. The summed E-state index contributed by atoms with van der Waals surface area (Å²) in [6.07, 6.45) is 7.92. The molecule has 0 fully saturated rings. The lowest BCUT2D eigenvalue weighted by Gasteiger charge is -1.96. The Morgan fingerprint density at radius 2 is 2.18 bits per heavy atom. The molecular formula is C9H18FN. The van der Waals surface area contributed by atoms with Gasteiger partial charge in [0.25, 0.3) is 0 Å². The molecule has 0 unspecified atom stereocenters. The van der Waals surface area contributed by atoms with Crippen molar-refractivity contribution in [3.63, 3.8) is 0 Å². The molecule has 11 heavy (non-hydrogen) atoms. The molecule has 0 aliphatic carbocycles. The molecule has 0 atom stereocenters. The van der Waals surface area contributed by atoms with Crippen LogP contribution in [-0.2, 0) is 0 Å². The minimum atomic E-state index is 0. The minimum Gasteiger partial charge on any atom is -0.294 e. The average Bonchev–Trinajstić information content (AvgIpc) is 2.41. The van der Waals surface area contributed by atoms with Gasteiger partial charge in [0.15, 0.2) is 0 Å². The third-order valence-corrected chi connectivity index (χ3v) is 2.03. The van der Waals surface area contributed by atoms with Crippen LogP contribution in [0.5, 0.6) is 0 Å². The average molecular weight is 159 g/mol. The first-order valence-corrected chi connectivity index (χ1v) is 4.45. The van der Waals surface area contributed by atoms with E-state index in [0.29, 0.717) is 0 Å². The van der Waals surface area contributed by atoms with Gasteiger partial charge in [-0.1, -0.05) is 19.8 Å². The van der Waals surface area contributed by atoms with Crippen LogP contribution in [0.4, 0.5) is 4.70 Å². The summed E-state index contributed by atoms with van der Waals surface area (Å²) in [5.74, 6) is 0. The molecule has 0 bridgehead atoms. The third-order valence-electron chi connectivity index (χ3n) is 2.03. The summed E-state index contributed by atoms with van der Waals surface area (Å²) >= 11 is 0. The first-order chi connectivity index (χ1) is 4.93. The van der Waals surface area contributed by atoms with Gasteiger partial charge in [-0.25, -0.2) is 0 Å². The molecule has 1 rings (SSSR count). The predicted octanol–water partition coefficient (Wildman–Crippen LogP) is 2.95. The summed E-state index contributed by atoms with van der Waals surface area (Å²) in [7, 11) is 0. The van der Waals surface area contributed by atoms with Gasteiger partial charge in [-0.05, 0) is 25.7 Å². The maximum absolute atomic E-state index is 4.42. The third kappa shape index (κ3) is 4.12. The molecule has 0 aromatic carbocycles. The van der Waals surface area contributed by atoms with E-state index < -0.39 is 0 Å². The van der Waals surface area contributed by atoms with E-state index in [1.165, 1.54) is 44.2 Å². The molecule has 1 aliphatic heterocycles. The van der Waals surface area contributed by atoms with Gasteiger partial charge >= 0.3 is 0 Å². The number of halogens is 1. The van der Waals surface area contributed by atoms with Gasteiger partial charge in [0.05, 0.1) is 0 Å². The molecule has 0 N–H and O–H groups in total. The molecule has 66 valence electrons. The van der Waals surface area contributed by atoms with Gasteiger partial charge < -0.3 is 0 Å². The van der Waals surface area contributed by atoms with Crippen LogP contribution in [-0.4, -0.2) is 12.3 Å². The summed E-state index contributed by atoms with van der Waals surface area (Å²) in [6.45, 7) is 3.35. The number of hydrogen-bond donors (Lipinski definition) is 0. The van der Waals surface area contributed by atoms with Crippen molar-refractivity contribution in [2.45, 2.75) is 45.4 Å². The van der Waals surface area contributed by atoms with Gasteiger partial charge in [0.2, 0.25) is 0 Å². The zero-order chi connectivity index (χ0) is 7.23. The van der Waals surface area contributed by atoms with Gasteiger partial charge in [0.1, 0.15) is 0 Å². The Balaban J connectivity index is 0.000001000. The first-order valence-electron chi connectivity index (χ1n) is 4.45. The zero-order valence-corrected chi connectivity index (χ0v) is 7.31. The second kappa shape index (κ2) is 6.32.